The standard InChI is InChI=1S/C6H12BrNO2S/c7-5-1-3-6(4-2-5)11(8,9)10/h5-6H,1-4H2,(H2,8,9,10). The zero-order valence-electron chi connectivity index (χ0n) is 6.16. The fourth-order valence-corrected chi connectivity index (χ4v) is 2.81. The number of hydrogen-bond donors (Lipinski definition) is 1. The van der Waals surface area contributed by atoms with Crippen LogP contribution < -0.4 is 5.14 Å². The van der Waals surface area contributed by atoms with Gasteiger partial charge in [-0.2, -0.15) is 0 Å². The lowest BCUT2D eigenvalue weighted by molar-refractivity contribution is 0.496. The number of nitrogens with two attached hydrogens (primary N) is 1. The Hall–Kier alpha value is 0.390. The Morgan fingerprint density at radius 1 is 1.18 bits per heavy atom. The first-order valence-corrected chi connectivity index (χ1v) is 6.18. The minimum absolute atomic E-state index is 0.295. The van der Waals surface area contributed by atoms with E-state index >= 15 is 0 Å². The van der Waals surface area contributed by atoms with E-state index in [9.17, 15) is 8.42 Å². The summed E-state index contributed by atoms with van der Waals surface area (Å²) in [6, 6.07) is 0. The van der Waals surface area contributed by atoms with Crippen molar-refractivity contribution in [1.82, 2.24) is 0 Å². The minimum atomic E-state index is -3.27. The quantitative estimate of drug-likeness (QED) is 0.697. The predicted molar refractivity (Wildman–Crippen MR) is 48.1 cm³/mol. The van der Waals surface area contributed by atoms with Gasteiger partial charge in [-0.3, -0.25) is 0 Å². The Morgan fingerprint density at radius 2 is 1.64 bits per heavy atom. The maximum Gasteiger partial charge on any atom is 0.211 e. The van der Waals surface area contributed by atoms with Crippen molar-refractivity contribution in [3.8, 4) is 0 Å². The average Bonchev–Trinajstić information content (AvgIpc) is 1.86. The van der Waals surface area contributed by atoms with Crippen molar-refractivity contribution in [3.05, 3.63) is 0 Å². The van der Waals surface area contributed by atoms with E-state index in [1.807, 2.05) is 0 Å². The van der Waals surface area contributed by atoms with E-state index in [1.54, 1.807) is 0 Å². The zero-order valence-corrected chi connectivity index (χ0v) is 8.57. The number of halogens is 1. The molecular weight excluding hydrogens is 230 g/mol. The summed E-state index contributed by atoms with van der Waals surface area (Å²) in [7, 11) is -3.27. The minimum Gasteiger partial charge on any atom is -0.228 e. The highest BCUT2D eigenvalue weighted by Gasteiger charge is 2.26. The van der Waals surface area contributed by atoms with Crippen molar-refractivity contribution >= 4 is 26.0 Å². The third-order valence-electron chi connectivity index (χ3n) is 2.07. The van der Waals surface area contributed by atoms with Crippen LogP contribution in [0.4, 0.5) is 0 Å². The molecule has 5 heteroatoms. The Labute approximate surface area is 75.5 Å². The van der Waals surface area contributed by atoms with Crippen molar-refractivity contribution in [2.45, 2.75) is 35.8 Å². The summed E-state index contributed by atoms with van der Waals surface area (Å²) in [5.74, 6) is 0. The summed E-state index contributed by atoms with van der Waals surface area (Å²) in [5.41, 5.74) is 0. The number of hydrogen-bond acceptors (Lipinski definition) is 2. The zero-order chi connectivity index (χ0) is 8.48. The highest BCUT2D eigenvalue weighted by Crippen LogP contribution is 2.27. The largest absolute Gasteiger partial charge is 0.228 e. The van der Waals surface area contributed by atoms with Crippen LogP contribution >= 0.6 is 15.9 Å². The molecule has 0 saturated heterocycles. The lowest BCUT2D eigenvalue weighted by atomic mass is 10.0. The molecule has 0 radical (unpaired) electrons. The summed E-state index contributed by atoms with van der Waals surface area (Å²) >= 11 is 3.45. The molecule has 1 fully saturated rings. The summed E-state index contributed by atoms with van der Waals surface area (Å²) < 4.78 is 21.7. The first-order valence-electron chi connectivity index (χ1n) is 3.66. The van der Waals surface area contributed by atoms with Crippen molar-refractivity contribution < 1.29 is 8.42 Å². The monoisotopic (exact) mass is 241 g/mol. The van der Waals surface area contributed by atoms with Gasteiger partial charge in [-0.05, 0) is 25.7 Å². The van der Waals surface area contributed by atoms with Crippen LogP contribution in [0.15, 0.2) is 0 Å². The molecule has 1 aliphatic carbocycles. The topological polar surface area (TPSA) is 60.2 Å². The Morgan fingerprint density at radius 3 is 2.00 bits per heavy atom. The fourth-order valence-electron chi connectivity index (χ4n) is 1.35. The molecule has 0 spiro atoms. The molecule has 0 heterocycles. The van der Waals surface area contributed by atoms with Gasteiger partial charge < -0.3 is 0 Å². The molecule has 1 aliphatic rings. The number of primary sulfonamides is 1. The van der Waals surface area contributed by atoms with Crippen LogP contribution in [0.2, 0.25) is 0 Å². The average molecular weight is 242 g/mol. The van der Waals surface area contributed by atoms with Crippen LogP contribution in [-0.4, -0.2) is 18.5 Å². The van der Waals surface area contributed by atoms with E-state index < -0.39 is 10.0 Å². The van der Waals surface area contributed by atoms with Gasteiger partial charge >= 0.3 is 0 Å². The molecule has 1 rings (SSSR count). The van der Waals surface area contributed by atoms with Crippen molar-refractivity contribution in [3.63, 3.8) is 0 Å². The van der Waals surface area contributed by atoms with E-state index in [4.69, 9.17) is 5.14 Å². The van der Waals surface area contributed by atoms with Crippen LogP contribution in [0.5, 0.6) is 0 Å². The Balaban J connectivity index is 2.53. The Bertz CT molecular complexity index is 219. The molecule has 0 aromatic heterocycles. The van der Waals surface area contributed by atoms with Gasteiger partial charge in [-0.15, -0.1) is 0 Å². The summed E-state index contributed by atoms with van der Waals surface area (Å²) in [5, 5.41) is 4.72. The van der Waals surface area contributed by atoms with Crippen molar-refractivity contribution in [2.75, 3.05) is 0 Å². The molecule has 11 heavy (non-hydrogen) atoms. The first-order chi connectivity index (χ1) is 5.00. The summed E-state index contributed by atoms with van der Waals surface area (Å²) in [6.45, 7) is 0. The van der Waals surface area contributed by atoms with Gasteiger partial charge in [-0.1, -0.05) is 15.9 Å². The van der Waals surface area contributed by atoms with Crippen LogP contribution in [0.1, 0.15) is 25.7 Å². The molecule has 0 bridgehead atoms. The molecule has 0 aliphatic heterocycles. The van der Waals surface area contributed by atoms with E-state index in [0.29, 0.717) is 17.7 Å². The van der Waals surface area contributed by atoms with Crippen molar-refractivity contribution in [1.29, 1.82) is 0 Å². The maximum atomic E-state index is 10.9. The van der Waals surface area contributed by atoms with E-state index in [1.165, 1.54) is 0 Å². The second kappa shape index (κ2) is 3.41. The molecule has 0 atom stereocenters. The SMILES string of the molecule is NS(=O)(=O)C1CCC(Br)CC1. The lowest BCUT2D eigenvalue weighted by Crippen LogP contribution is -2.32. The van der Waals surface area contributed by atoms with Gasteiger partial charge in [-0.25, -0.2) is 13.6 Å². The second-order valence-corrected chi connectivity index (χ2v) is 6.10. The van der Waals surface area contributed by atoms with Gasteiger partial charge in [0.1, 0.15) is 0 Å². The molecule has 1 saturated carbocycles. The highest BCUT2D eigenvalue weighted by atomic mass is 79.9. The van der Waals surface area contributed by atoms with Crippen LogP contribution in [0.25, 0.3) is 0 Å². The normalized spacial score (nSPS) is 33.6. The van der Waals surface area contributed by atoms with E-state index in [0.717, 1.165) is 12.8 Å². The molecule has 0 aromatic rings. The number of rotatable bonds is 1. The third-order valence-corrected chi connectivity index (χ3v) is 4.38. The predicted octanol–water partition coefficient (Wildman–Crippen LogP) is 0.981. The fraction of sp³-hybridized carbons (Fsp3) is 1.00. The van der Waals surface area contributed by atoms with Gasteiger partial charge in [0.25, 0.3) is 0 Å². The maximum absolute atomic E-state index is 10.9. The third kappa shape index (κ3) is 2.72. The molecule has 0 amide bonds. The van der Waals surface area contributed by atoms with Gasteiger partial charge in [0.2, 0.25) is 10.0 Å². The van der Waals surface area contributed by atoms with Gasteiger partial charge in [0.05, 0.1) is 5.25 Å². The number of alkyl halides is 1. The van der Waals surface area contributed by atoms with Crippen LogP contribution in [0, 0.1) is 0 Å². The smallest absolute Gasteiger partial charge is 0.211 e. The second-order valence-electron chi connectivity index (χ2n) is 2.96. The molecule has 3 nitrogen and oxygen atoms in total. The number of sulfonamides is 1. The van der Waals surface area contributed by atoms with Crippen molar-refractivity contribution in [2.24, 2.45) is 5.14 Å². The molecule has 2 N–H and O–H groups in total. The van der Waals surface area contributed by atoms with E-state index in [2.05, 4.69) is 15.9 Å². The lowest BCUT2D eigenvalue weighted by Gasteiger charge is -2.22. The summed E-state index contributed by atoms with van der Waals surface area (Å²) in [6.07, 6.45) is 3.24. The van der Waals surface area contributed by atoms with Crippen LogP contribution in [0.3, 0.4) is 0 Å². The van der Waals surface area contributed by atoms with E-state index in [-0.39, 0.29) is 5.25 Å². The van der Waals surface area contributed by atoms with Crippen LogP contribution in [-0.2, 0) is 10.0 Å². The molecule has 0 unspecified atom stereocenters. The molecule has 66 valence electrons. The Kier molecular flexibility index (Phi) is 2.94. The molecular formula is C6H12BrNO2S. The summed E-state index contributed by atoms with van der Waals surface area (Å²) in [4.78, 5) is 0.487. The first kappa shape index (κ1) is 9.48. The van der Waals surface area contributed by atoms with Gasteiger partial charge in [0, 0.05) is 4.83 Å². The van der Waals surface area contributed by atoms with Gasteiger partial charge in [0.15, 0.2) is 0 Å². The molecule has 0 aromatic carbocycles. The highest BCUT2D eigenvalue weighted by molar-refractivity contribution is 9.09.